The van der Waals surface area contributed by atoms with Gasteiger partial charge in [0.1, 0.15) is 17.6 Å². The number of aliphatic imine (C=N–C) groups is 1. The van der Waals surface area contributed by atoms with Gasteiger partial charge >= 0.3 is 0 Å². The number of ether oxygens (including phenoxy) is 2. The van der Waals surface area contributed by atoms with Gasteiger partial charge in [0.05, 0.1) is 13.2 Å². The summed E-state index contributed by atoms with van der Waals surface area (Å²) in [6, 6.07) is 4.23. The van der Waals surface area contributed by atoms with Crippen LogP contribution in [0.5, 0.6) is 11.5 Å². The van der Waals surface area contributed by atoms with Crippen molar-refractivity contribution < 1.29 is 9.47 Å². The molecule has 0 bridgehead atoms. The first kappa shape index (κ1) is 23.7. The Hall–Kier alpha value is -1.99. The molecule has 7 nitrogen and oxygen atoms in total. The molecule has 2 unspecified atom stereocenters. The summed E-state index contributed by atoms with van der Waals surface area (Å²) in [4.78, 5) is 9.80. The van der Waals surface area contributed by atoms with Gasteiger partial charge in [0.25, 0.3) is 0 Å². The van der Waals surface area contributed by atoms with E-state index in [9.17, 15) is 0 Å². The quantitative estimate of drug-likeness (QED) is 0.462. The van der Waals surface area contributed by atoms with Gasteiger partial charge in [-0.05, 0) is 45.9 Å². The monoisotopic (exact) mass is 431 g/mol. The first-order chi connectivity index (χ1) is 15.0. The first-order valence-corrected chi connectivity index (χ1v) is 11.9. The predicted octanol–water partition coefficient (Wildman–Crippen LogP) is 2.35. The van der Waals surface area contributed by atoms with Crippen LogP contribution in [0.3, 0.4) is 0 Å². The maximum absolute atomic E-state index is 5.95. The van der Waals surface area contributed by atoms with Crippen LogP contribution in [0.2, 0.25) is 0 Å². The molecule has 0 aliphatic carbocycles. The molecule has 2 heterocycles. The second-order valence-corrected chi connectivity index (χ2v) is 8.92. The van der Waals surface area contributed by atoms with Gasteiger partial charge in [-0.1, -0.05) is 6.92 Å². The highest BCUT2D eigenvalue weighted by atomic mass is 16.5. The standard InChI is InChI=1S/C24H41N5O2/c1-6-25-24(26-15-18(3)17-29-10-8-28(5)9-11-29)27-16-21-14-23-20(12-19(4)31-23)13-22(21)30-7-2/h13-14,18-19H,6-12,15-17H2,1-5H3,(H2,25,26,27). The lowest BCUT2D eigenvalue weighted by atomic mass is 10.1. The summed E-state index contributed by atoms with van der Waals surface area (Å²) in [7, 11) is 2.20. The van der Waals surface area contributed by atoms with Crippen LogP contribution in [0.4, 0.5) is 0 Å². The zero-order valence-electron chi connectivity index (χ0n) is 20.0. The van der Waals surface area contributed by atoms with E-state index in [0.29, 0.717) is 19.1 Å². The maximum atomic E-state index is 5.95. The number of hydrogen-bond acceptors (Lipinski definition) is 5. The van der Waals surface area contributed by atoms with Crippen LogP contribution in [-0.2, 0) is 13.0 Å². The minimum absolute atomic E-state index is 0.226. The Morgan fingerprint density at radius 2 is 2.00 bits per heavy atom. The zero-order chi connectivity index (χ0) is 22.2. The van der Waals surface area contributed by atoms with Crippen LogP contribution in [0.25, 0.3) is 0 Å². The van der Waals surface area contributed by atoms with Gasteiger partial charge in [-0.15, -0.1) is 0 Å². The van der Waals surface area contributed by atoms with Crippen LogP contribution in [0.1, 0.15) is 38.8 Å². The second-order valence-electron chi connectivity index (χ2n) is 8.92. The fourth-order valence-corrected chi connectivity index (χ4v) is 4.21. The number of fused-ring (bicyclic) bond motifs is 1. The van der Waals surface area contributed by atoms with Crippen molar-refractivity contribution in [3.8, 4) is 11.5 Å². The van der Waals surface area contributed by atoms with Crippen molar-refractivity contribution in [2.75, 3.05) is 59.5 Å². The number of benzene rings is 1. The summed E-state index contributed by atoms with van der Waals surface area (Å²) in [5.41, 5.74) is 2.30. The SMILES string of the molecule is CCNC(=NCc1cc2c(cc1OCC)CC(C)O2)NCC(C)CN1CCN(C)CC1. The number of nitrogens with one attached hydrogen (secondary N) is 2. The fourth-order valence-electron chi connectivity index (χ4n) is 4.21. The molecule has 2 atom stereocenters. The molecule has 0 spiro atoms. The van der Waals surface area contributed by atoms with Gasteiger partial charge in [0, 0.05) is 63.4 Å². The summed E-state index contributed by atoms with van der Waals surface area (Å²) in [6.07, 6.45) is 1.16. The van der Waals surface area contributed by atoms with Crippen LogP contribution in [0, 0.1) is 5.92 Å². The molecule has 1 aromatic rings. The number of hydrogen-bond donors (Lipinski definition) is 2. The molecule has 2 aliphatic heterocycles. The van der Waals surface area contributed by atoms with Crippen LogP contribution >= 0.6 is 0 Å². The smallest absolute Gasteiger partial charge is 0.191 e. The summed E-state index contributed by atoms with van der Waals surface area (Å²) in [5.74, 6) is 3.30. The van der Waals surface area contributed by atoms with Crippen molar-refractivity contribution in [3.63, 3.8) is 0 Å². The Labute approximate surface area is 188 Å². The van der Waals surface area contributed by atoms with E-state index in [1.807, 2.05) is 6.92 Å². The molecule has 2 N–H and O–H groups in total. The molecule has 31 heavy (non-hydrogen) atoms. The predicted molar refractivity (Wildman–Crippen MR) is 127 cm³/mol. The van der Waals surface area contributed by atoms with Crippen molar-refractivity contribution in [2.45, 2.75) is 46.8 Å². The van der Waals surface area contributed by atoms with E-state index in [1.165, 1.54) is 5.56 Å². The highest BCUT2D eigenvalue weighted by molar-refractivity contribution is 5.79. The lowest BCUT2D eigenvalue weighted by Crippen LogP contribution is -2.47. The number of piperazine rings is 1. The molecule has 7 heteroatoms. The van der Waals surface area contributed by atoms with E-state index in [4.69, 9.17) is 14.5 Å². The largest absolute Gasteiger partial charge is 0.494 e. The van der Waals surface area contributed by atoms with Crippen LogP contribution in [-0.4, -0.2) is 81.3 Å². The lowest BCUT2D eigenvalue weighted by molar-refractivity contribution is 0.139. The Bertz CT molecular complexity index is 731. The van der Waals surface area contributed by atoms with Crippen LogP contribution < -0.4 is 20.1 Å². The molecule has 0 saturated carbocycles. The highest BCUT2D eigenvalue weighted by Gasteiger charge is 2.22. The van der Waals surface area contributed by atoms with E-state index in [0.717, 1.165) is 75.3 Å². The van der Waals surface area contributed by atoms with Gasteiger partial charge in [0.15, 0.2) is 5.96 Å². The second kappa shape index (κ2) is 11.6. The van der Waals surface area contributed by atoms with Gasteiger partial charge in [-0.2, -0.15) is 0 Å². The summed E-state index contributed by atoms with van der Waals surface area (Å²) in [5, 5.41) is 6.90. The van der Waals surface area contributed by atoms with E-state index in [-0.39, 0.29) is 6.10 Å². The number of guanidine groups is 1. The molecule has 3 rings (SSSR count). The van der Waals surface area contributed by atoms with Gasteiger partial charge in [-0.25, -0.2) is 4.99 Å². The molecule has 0 aromatic heterocycles. The average Bonchev–Trinajstić information content (AvgIpc) is 3.10. The topological polar surface area (TPSA) is 61.4 Å². The third kappa shape index (κ3) is 7.01. The van der Waals surface area contributed by atoms with E-state index in [2.05, 4.69) is 60.4 Å². The molecule has 1 saturated heterocycles. The van der Waals surface area contributed by atoms with Crippen LogP contribution in [0.15, 0.2) is 17.1 Å². The number of rotatable bonds is 9. The minimum Gasteiger partial charge on any atom is -0.494 e. The molecule has 2 aliphatic rings. The molecule has 0 radical (unpaired) electrons. The number of likely N-dealkylation sites (N-methyl/N-ethyl adjacent to an activating group) is 1. The first-order valence-electron chi connectivity index (χ1n) is 11.9. The summed E-state index contributed by atoms with van der Waals surface area (Å²) >= 11 is 0. The van der Waals surface area contributed by atoms with Crippen molar-refractivity contribution in [1.29, 1.82) is 0 Å². The van der Waals surface area contributed by atoms with E-state index >= 15 is 0 Å². The molecule has 1 aromatic carbocycles. The third-order valence-corrected chi connectivity index (χ3v) is 5.91. The average molecular weight is 432 g/mol. The molecular formula is C24H41N5O2. The van der Waals surface area contributed by atoms with Gasteiger partial charge in [0.2, 0.25) is 0 Å². The molecule has 1 fully saturated rings. The summed E-state index contributed by atoms with van der Waals surface area (Å²) < 4.78 is 11.9. The Kier molecular flexibility index (Phi) is 8.84. The Balaban J connectivity index is 1.58. The van der Waals surface area contributed by atoms with E-state index in [1.54, 1.807) is 0 Å². The minimum atomic E-state index is 0.226. The maximum Gasteiger partial charge on any atom is 0.191 e. The Morgan fingerprint density at radius 3 is 2.71 bits per heavy atom. The normalized spacial score (nSPS) is 20.8. The number of nitrogens with zero attached hydrogens (tertiary/aromatic N) is 3. The zero-order valence-corrected chi connectivity index (χ0v) is 20.0. The van der Waals surface area contributed by atoms with Crippen molar-refractivity contribution in [1.82, 2.24) is 20.4 Å². The summed E-state index contributed by atoms with van der Waals surface area (Å²) in [6.45, 7) is 17.2. The molecule has 0 amide bonds. The lowest BCUT2D eigenvalue weighted by Gasteiger charge is -2.34. The third-order valence-electron chi connectivity index (χ3n) is 5.91. The molecular weight excluding hydrogens is 390 g/mol. The van der Waals surface area contributed by atoms with Gasteiger partial charge in [-0.3, -0.25) is 0 Å². The fraction of sp³-hybridized carbons (Fsp3) is 0.708. The molecule has 174 valence electrons. The van der Waals surface area contributed by atoms with Crippen molar-refractivity contribution in [3.05, 3.63) is 23.3 Å². The Morgan fingerprint density at radius 1 is 1.23 bits per heavy atom. The van der Waals surface area contributed by atoms with E-state index < -0.39 is 0 Å². The van der Waals surface area contributed by atoms with Gasteiger partial charge < -0.3 is 29.9 Å². The highest BCUT2D eigenvalue weighted by Crippen LogP contribution is 2.35. The van der Waals surface area contributed by atoms with Crippen molar-refractivity contribution >= 4 is 5.96 Å². The van der Waals surface area contributed by atoms with Crippen molar-refractivity contribution in [2.24, 2.45) is 10.9 Å².